The monoisotopic (exact) mass is 452 g/mol. The molecule has 0 fully saturated rings. The molecule has 2 aromatic rings. The summed E-state index contributed by atoms with van der Waals surface area (Å²) in [6.45, 7) is 1.19. The van der Waals surface area contributed by atoms with Gasteiger partial charge in [0.1, 0.15) is 30.3 Å². The van der Waals surface area contributed by atoms with Crippen LogP contribution in [0.1, 0.15) is 20.7 Å². The SMILES string of the molecule is COCCOC(=O)c1ccc(OC(=O)c2cc(Br)ccc2OCCOC)cc1. The lowest BCUT2D eigenvalue weighted by atomic mass is 10.2. The molecule has 0 N–H and O–H groups in total. The van der Waals surface area contributed by atoms with Gasteiger partial charge in [-0.3, -0.25) is 0 Å². The highest BCUT2D eigenvalue weighted by molar-refractivity contribution is 9.10. The molecular formula is C20H21BrO7. The van der Waals surface area contributed by atoms with Crippen molar-refractivity contribution in [3.8, 4) is 11.5 Å². The van der Waals surface area contributed by atoms with Crippen molar-refractivity contribution >= 4 is 27.9 Å². The lowest BCUT2D eigenvalue weighted by Crippen LogP contribution is -2.13. The van der Waals surface area contributed by atoms with Gasteiger partial charge < -0.3 is 23.7 Å². The average molecular weight is 453 g/mol. The molecule has 7 nitrogen and oxygen atoms in total. The first kappa shape index (κ1) is 21.9. The second-order valence-electron chi connectivity index (χ2n) is 5.52. The van der Waals surface area contributed by atoms with Gasteiger partial charge in [-0.25, -0.2) is 9.59 Å². The highest BCUT2D eigenvalue weighted by Gasteiger charge is 2.16. The van der Waals surface area contributed by atoms with E-state index in [1.807, 2.05) is 0 Å². The Bertz CT molecular complexity index is 790. The van der Waals surface area contributed by atoms with Crippen LogP contribution in [0.3, 0.4) is 0 Å². The molecular weight excluding hydrogens is 432 g/mol. The summed E-state index contributed by atoms with van der Waals surface area (Å²) in [5.74, 6) is -0.371. The van der Waals surface area contributed by atoms with E-state index in [1.54, 1.807) is 25.3 Å². The molecule has 0 amide bonds. The second-order valence-corrected chi connectivity index (χ2v) is 6.44. The van der Waals surface area contributed by atoms with Gasteiger partial charge in [-0.05, 0) is 42.5 Å². The molecule has 0 heterocycles. The van der Waals surface area contributed by atoms with E-state index in [-0.39, 0.29) is 12.2 Å². The Morgan fingerprint density at radius 1 is 0.857 bits per heavy atom. The third-order valence-electron chi connectivity index (χ3n) is 3.53. The van der Waals surface area contributed by atoms with E-state index in [2.05, 4.69) is 15.9 Å². The third-order valence-corrected chi connectivity index (χ3v) is 4.02. The van der Waals surface area contributed by atoms with E-state index in [0.717, 1.165) is 0 Å². The standard InChI is InChI=1S/C20H21BrO7/c1-24-9-11-26-18-8-5-15(21)13-17(18)20(23)28-16-6-3-14(4-7-16)19(22)27-12-10-25-2/h3-8,13H,9-12H2,1-2H3. The molecule has 2 aromatic carbocycles. The molecule has 150 valence electrons. The smallest absolute Gasteiger partial charge is 0.347 e. The Balaban J connectivity index is 2.04. The van der Waals surface area contributed by atoms with Gasteiger partial charge in [-0.1, -0.05) is 15.9 Å². The molecule has 0 radical (unpaired) electrons. The molecule has 0 bridgehead atoms. The van der Waals surface area contributed by atoms with Crippen molar-refractivity contribution in [1.29, 1.82) is 0 Å². The quantitative estimate of drug-likeness (QED) is 0.310. The Morgan fingerprint density at radius 3 is 2.21 bits per heavy atom. The minimum Gasteiger partial charge on any atom is -0.490 e. The summed E-state index contributed by atoms with van der Waals surface area (Å²) in [6.07, 6.45) is 0. The van der Waals surface area contributed by atoms with Crippen LogP contribution < -0.4 is 9.47 Å². The maximum absolute atomic E-state index is 12.6. The summed E-state index contributed by atoms with van der Waals surface area (Å²) in [6, 6.07) is 11.1. The zero-order valence-electron chi connectivity index (χ0n) is 15.6. The molecule has 0 saturated carbocycles. The number of hydrogen-bond acceptors (Lipinski definition) is 7. The van der Waals surface area contributed by atoms with Crippen LogP contribution >= 0.6 is 15.9 Å². The predicted molar refractivity (Wildman–Crippen MR) is 105 cm³/mol. The molecule has 0 atom stereocenters. The van der Waals surface area contributed by atoms with Crippen LogP contribution in [0.15, 0.2) is 46.9 Å². The maximum Gasteiger partial charge on any atom is 0.347 e. The summed E-state index contributed by atoms with van der Waals surface area (Å²) < 4.78 is 26.5. The number of carbonyl (C=O) groups excluding carboxylic acids is 2. The van der Waals surface area contributed by atoms with E-state index in [4.69, 9.17) is 23.7 Å². The minimum atomic E-state index is -0.580. The molecule has 0 spiro atoms. The Kier molecular flexibility index (Phi) is 8.93. The number of esters is 2. The van der Waals surface area contributed by atoms with Crippen molar-refractivity contribution in [1.82, 2.24) is 0 Å². The average Bonchev–Trinajstić information content (AvgIpc) is 2.70. The first-order valence-corrected chi connectivity index (χ1v) is 9.24. The van der Waals surface area contributed by atoms with Crippen molar-refractivity contribution in [3.05, 3.63) is 58.1 Å². The first-order valence-electron chi connectivity index (χ1n) is 8.44. The molecule has 28 heavy (non-hydrogen) atoms. The number of rotatable bonds is 10. The zero-order valence-corrected chi connectivity index (χ0v) is 17.2. The predicted octanol–water partition coefficient (Wildman–Crippen LogP) is 3.50. The lowest BCUT2D eigenvalue weighted by molar-refractivity contribution is 0.0388. The van der Waals surface area contributed by atoms with Gasteiger partial charge in [0.15, 0.2) is 0 Å². The van der Waals surface area contributed by atoms with E-state index >= 15 is 0 Å². The Labute approximate surface area is 171 Å². The van der Waals surface area contributed by atoms with Crippen LogP contribution in [0.2, 0.25) is 0 Å². The minimum absolute atomic E-state index is 0.167. The number of benzene rings is 2. The van der Waals surface area contributed by atoms with Gasteiger partial charge in [0.05, 0.1) is 18.8 Å². The Morgan fingerprint density at radius 2 is 1.54 bits per heavy atom. The number of hydrogen-bond donors (Lipinski definition) is 0. The molecule has 0 unspecified atom stereocenters. The zero-order chi connectivity index (χ0) is 20.4. The van der Waals surface area contributed by atoms with Gasteiger partial charge in [-0.15, -0.1) is 0 Å². The summed E-state index contributed by atoms with van der Waals surface area (Å²) in [4.78, 5) is 24.4. The number of halogens is 1. The Hall–Kier alpha value is -2.42. The largest absolute Gasteiger partial charge is 0.490 e. The highest BCUT2D eigenvalue weighted by Crippen LogP contribution is 2.25. The van der Waals surface area contributed by atoms with Crippen LogP contribution in [-0.4, -0.2) is 52.6 Å². The summed E-state index contributed by atoms with van der Waals surface area (Å²) >= 11 is 3.33. The van der Waals surface area contributed by atoms with Gasteiger partial charge in [0, 0.05) is 18.7 Å². The molecule has 0 aliphatic rings. The fourth-order valence-electron chi connectivity index (χ4n) is 2.14. The molecule has 2 rings (SSSR count). The normalized spacial score (nSPS) is 10.4. The fraction of sp³-hybridized carbons (Fsp3) is 0.300. The van der Waals surface area contributed by atoms with Crippen LogP contribution in [0, 0.1) is 0 Å². The molecule has 0 aliphatic carbocycles. The number of methoxy groups -OCH3 is 2. The van der Waals surface area contributed by atoms with Gasteiger partial charge >= 0.3 is 11.9 Å². The van der Waals surface area contributed by atoms with E-state index < -0.39 is 11.9 Å². The summed E-state index contributed by atoms with van der Waals surface area (Å²) in [5.41, 5.74) is 0.621. The van der Waals surface area contributed by atoms with Crippen molar-refractivity contribution in [2.75, 3.05) is 40.6 Å². The van der Waals surface area contributed by atoms with Crippen LogP contribution in [0.5, 0.6) is 11.5 Å². The summed E-state index contributed by atoms with van der Waals surface area (Å²) in [5, 5.41) is 0. The van der Waals surface area contributed by atoms with E-state index in [9.17, 15) is 9.59 Å². The number of ether oxygens (including phenoxy) is 5. The topological polar surface area (TPSA) is 80.3 Å². The molecule has 0 saturated heterocycles. The highest BCUT2D eigenvalue weighted by atomic mass is 79.9. The van der Waals surface area contributed by atoms with E-state index in [1.165, 1.54) is 31.4 Å². The van der Waals surface area contributed by atoms with Crippen molar-refractivity contribution in [3.63, 3.8) is 0 Å². The van der Waals surface area contributed by atoms with Crippen LogP contribution in [0.25, 0.3) is 0 Å². The lowest BCUT2D eigenvalue weighted by Gasteiger charge is -2.11. The van der Waals surface area contributed by atoms with Crippen LogP contribution in [0.4, 0.5) is 0 Å². The van der Waals surface area contributed by atoms with Crippen molar-refractivity contribution in [2.45, 2.75) is 0 Å². The molecule has 0 aliphatic heterocycles. The second kappa shape index (κ2) is 11.4. The van der Waals surface area contributed by atoms with E-state index in [0.29, 0.717) is 41.4 Å². The first-order chi connectivity index (χ1) is 13.5. The summed E-state index contributed by atoms with van der Waals surface area (Å²) in [7, 11) is 3.09. The van der Waals surface area contributed by atoms with Gasteiger partial charge in [0.25, 0.3) is 0 Å². The number of carbonyl (C=O) groups is 2. The molecule has 8 heteroatoms. The van der Waals surface area contributed by atoms with Crippen molar-refractivity contribution < 1.29 is 33.3 Å². The van der Waals surface area contributed by atoms with Gasteiger partial charge in [-0.2, -0.15) is 0 Å². The maximum atomic E-state index is 12.6. The van der Waals surface area contributed by atoms with Crippen LogP contribution in [-0.2, 0) is 14.2 Å². The van der Waals surface area contributed by atoms with Crippen molar-refractivity contribution in [2.24, 2.45) is 0 Å². The fourth-order valence-corrected chi connectivity index (χ4v) is 2.51. The third kappa shape index (κ3) is 6.63. The molecule has 0 aromatic heterocycles. The van der Waals surface area contributed by atoms with Gasteiger partial charge in [0.2, 0.25) is 0 Å².